The third-order valence-corrected chi connectivity index (χ3v) is 17.6. The monoisotopic (exact) mass is 718 g/mol. The summed E-state index contributed by atoms with van der Waals surface area (Å²) in [7, 11) is 0. The number of hydrogen-bond acceptors (Lipinski definition) is 0. The summed E-state index contributed by atoms with van der Waals surface area (Å²) in [5.74, 6) is 0. The summed E-state index contributed by atoms with van der Waals surface area (Å²) < 4.78 is 6.55. The molecule has 0 bridgehead atoms. The van der Waals surface area contributed by atoms with E-state index >= 15 is 0 Å². The predicted octanol–water partition coefficient (Wildman–Crippen LogP) is 6.38. The molecule has 0 amide bonds. The van der Waals surface area contributed by atoms with Gasteiger partial charge in [0.1, 0.15) is 0 Å². The Morgan fingerprint density at radius 1 is 0.263 bits per heavy atom. The van der Waals surface area contributed by atoms with Crippen molar-refractivity contribution in [2.75, 3.05) is 0 Å². The summed E-state index contributed by atoms with van der Waals surface area (Å²) in [6.45, 7) is 26.9. The quantitative estimate of drug-likeness (QED) is 0.215. The molecule has 0 saturated heterocycles. The summed E-state index contributed by atoms with van der Waals surface area (Å²) in [5, 5.41) is 0. The van der Waals surface area contributed by atoms with Gasteiger partial charge in [-0.15, -0.1) is 0 Å². The van der Waals surface area contributed by atoms with Gasteiger partial charge in [-0.2, -0.15) is 0 Å². The van der Waals surface area contributed by atoms with Crippen LogP contribution in [0.3, 0.4) is 0 Å². The van der Waals surface area contributed by atoms with Crippen molar-refractivity contribution in [2.24, 2.45) is 0 Å². The molecule has 0 atom stereocenters. The number of rotatable bonds is 4. The first-order valence-electron chi connectivity index (χ1n) is 13.5. The molecule has 4 rings (SSSR count). The fourth-order valence-electron chi connectivity index (χ4n) is 5.62. The predicted molar refractivity (Wildman–Crippen MR) is 173 cm³/mol. The van der Waals surface area contributed by atoms with E-state index in [2.05, 4.69) is 132 Å². The van der Waals surface area contributed by atoms with Crippen LogP contribution in [-0.2, 0) is 0 Å². The SMILES string of the molecule is Cc1cc(C)[c]([Sb][c]2c(C)cc(C)cc2C)c(C)c1.Cc1cc(C)[c]([Sb][c]2c(C)cc(C)cc2C)c(C)c1. The first kappa shape index (κ1) is 31.0. The summed E-state index contributed by atoms with van der Waals surface area (Å²) >= 11 is -0.993. The van der Waals surface area contributed by atoms with E-state index in [4.69, 9.17) is 0 Å². The topological polar surface area (TPSA) is 0 Å². The summed E-state index contributed by atoms with van der Waals surface area (Å²) in [6, 6.07) is 18.6. The van der Waals surface area contributed by atoms with Gasteiger partial charge >= 0.3 is 256 Å². The van der Waals surface area contributed by atoms with E-state index in [9.17, 15) is 0 Å². The zero-order chi connectivity index (χ0) is 28.3. The molecular formula is C36H44Sb2. The molecule has 198 valence electrons. The van der Waals surface area contributed by atoms with Crippen molar-refractivity contribution in [3.63, 3.8) is 0 Å². The second kappa shape index (κ2) is 13.2. The van der Waals surface area contributed by atoms with Crippen LogP contribution >= 0.6 is 0 Å². The number of hydrogen-bond donors (Lipinski definition) is 0. The molecule has 0 aliphatic rings. The van der Waals surface area contributed by atoms with E-state index in [1.807, 2.05) is 0 Å². The normalized spacial score (nSPS) is 10.8. The maximum atomic E-state index is 2.33. The molecule has 38 heavy (non-hydrogen) atoms. The van der Waals surface area contributed by atoms with Gasteiger partial charge in [0.2, 0.25) is 0 Å². The molecule has 0 fully saturated rings. The average Bonchev–Trinajstić information content (AvgIpc) is 2.76. The molecule has 2 radical (unpaired) electrons. The Morgan fingerprint density at radius 2 is 0.395 bits per heavy atom. The Labute approximate surface area is 253 Å². The molecule has 0 saturated carbocycles. The van der Waals surface area contributed by atoms with Crippen LogP contribution in [0.2, 0.25) is 0 Å². The van der Waals surface area contributed by atoms with E-state index in [0.717, 1.165) is 0 Å². The minimum atomic E-state index is -0.497. The van der Waals surface area contributed by atoms with Crippen LogP contribution in [0.4, 0.5) is 0 Å². The fraction of sp³-hybridized carbons (Fsp3) is 0.333. The van der Waals surface area contributed by atoms with E-state index in [0.29, 0.717) is 0 Å². The van der Waals surface area contributed by atoms with Gasteiger partial charge in [-0.3, -0.25) is 0 Å². The van der Waals surface area contributed by atoms with Crippen LogP contribution in [0.15, 0.2) is 48.5 Å². The standard InChI is InChI=1S/4C9H11.2Sb/c4*1-7-4-8(2)6-9(3)5-7;;/h4*4-5H,1-3H3;;. The third-order valence-electron chi connectivity index (χ3n) is 6.99. The van der Waals surface area contributed by atoms with Gasteiger partial charge in [0.25, 0.3) is 0 Å². The molecule has 0 heterocycles. The van der Waals surface area contributed by atoms with Crippen molar-refractivity contribution in [3.8, 4) is 0 Å². The first-order valence-corrected chi connectivity index (χ1v) is 18.6. The van der Waals surface area contributed by atoms with E-state index in [1.54, 1.807) is 14.0 Å². The molecule has 0 nitrogen and oxygen atoms in total. The van der Waals surface area contributed by atoms with Gasteiger partial charge < -0.3 is 0 Å². The van der Waals surface area contributed by atoms with Crippen LogP contribution in [-0.4, -0.2) is 43.2 Å². The van der Waals surface area contributed by atoms with Crippen LogP contribution in [0.1, 0.15) is 66.8 Å². The second-order valence-electron chi connectivity index (χ2n) is 11.2. The van der Waals surface area contributed by atoms with E-state index < -0.39 is 43.2 Å². The van der Waals surface area contributed by atoms with Gasteiger partial charge in [-0.25, -0.2) is 0 Å². The molecule has 0 spiro atoms. The van der Waals surface area contributed by atoms with Crippen molar-refractivity contribution in [1.29, 1.82) is 0 Å². The Balaban J connectivity index is 0.000000211. The van der Waals surface area contributed by atoms with Gasteiger partial charge in [-0.05, 0) is 0 Å². The van der Waals surface area contributed by atoms with Crippen LogP contribution in [0.25, 0.3) is 0 Å². The first-order chi connectivity index (χ1) is 17.8. The Kier molecular flexibility index (Phi) is 10.8. The molecule has 4 aromatic rings. The van der Waals surface area contributed by atoms with E-state index in [-0.39, 0.29) is 0 Å². The minimum absolute atomic E-state index is 0.497. The van der Waals surface area contributed by atoms with Crippen LogP contribution < -0.4 is 14.0 Å². The van der Waals surface area contributed by atoms with Crippen molar-refractivity contribution >= 4 is 57.3 Å². The molecule has 0 aliphatic carbocycles. The fourth-order valence-corrected chi connectivity index (χ4v) is 12.4. The Hall–Kier alpha value is -1.48. The second-order valence-corrected chi connectivity index (χ2v) is 17.6. The molecule has 2 heteroatoms. The van der Waals surface area contributed by atoms with Crippen molar-refractivity contribution in [3.05, 3.63) is 115 Å². The van der Waals surface area contributed by atoms with Gasteiger partial charge in [-0.1, -0.05) is 0 Å². The van der Waals surface area contributed by atoms with Gasteiger partial charge in [0.15, 0.2) is 0 Å². The van der Waals surface area contributed by atoms with Gasteiger partial charge in [0, 0.05) is 0 Å². The molecule has 0 N–H and O–H groups in total. The zero-order valence-corrected chi connectivity index (χ0v) is 30.6. The molecule has 0 aromatic heterocycles. The molecule has 4 aromatic carbocycles. The summed E-state index contributed by atoms with van der Waals surface area (Å²) in [4.78, 5) is 0. The molecule has 0 aliphatic heterocycles. The zero-order valence-electron chi connectivity index (χ0n) is 25.5. The van der Waals surface area contributed by atoms with Crippen molar-refractivity contribution in [2.45, 2.75) is 83.1 Å². The molecule has 0 unspecified atom stereocenters. The van der Waals surface area contributed by atoms with Crippen molar-refractivity contribution < 1.29 is 0 Å². The van der Waals surface area contributed by atoms with Crippen molar-refractivity contribution in [1.82, 2.24) is 0 Å². The van der Waals surface area contributed by atoms with Crippen LogP contribution in [0, 0.1) is 83.1 Å². The van der Waals surface area contributed by atoms with Gasteiger partial charge in [0.05, 0.1) is 0 Å². The Morgan fingerprint density at radius 3 is 0.526 bits per heavy atom. The Bertz CT molecular complexity index is 1160. The maximum absolute atomic E-state index is 2.33. The number of benzene rings is 4. The average molecular weight is 720 g/mol. The third kappa shape index (κ3) is 7.80. The molecular weight excluding hydrogens is 676 g/mol. The summed E-state index contributed by atoms with van der Waals surface area (Å²) in [5.41, 5.74) is 17.4. The van der Waals surface area contributed by atoms with Crippen LogP contribution in [0.5, 0.6) is 0 Å². The summed E-state index contributed by atoms with van der Waals surface area (Å²) in [6.07, 6.45) is 0. The number of aryl methyl sites for hydroxylation is 12. The van der Waals surface area contributed by atoms with E-state index in [1.165, 1.54) is 66.8 Å².